The van der Waals surface area contributed by atoms with E-state index in [-0.39, 0.29) is 23.6 Å². The lowest BCUT2D eigenvalue weighted by Gasteiger charge is -2.20. The summed E-state index contributed by atoms with van der Waals surface area (Å²) in [6.07, 6.45) is 2.53. The number of benzene rings is 3. The fraction of sp³-hybridized carbons (Fsp3) is 0.286. The number of nitrogens with zero attached hydrogens (tertiary/aromatic N) is 4. The van der Waals surface area contributed by atoms with Crippen LogP contribution in [0.4, 0.5) is 5.82 Å². The van der Waals surface area contributed by atoms with Gasteiger partial charge in [-0.2, -0.15) is 0 Å². The smallest absolute Gasteiger partial charge is 0.289 e. The molecule has 1 aliphatic heterocycles. The largest absolute Gasteiger partial charge is 0.367 e. The standard InChI is InChI=1S/C35H37N7O3/c1-2-36-34(43)28-18-19-29(45-28)42-23-39-30-31(38-22-27(25-14-8-4-9-15-25)26-16-10-5-11-17-26)40-32(41-33(30)42)35(44)37-21-20-24-12-6-3-7-13-24/h3-17,23,27-29H,2,18-22H2,1H3,(H,36,43)(H,37,44)(H,38,40,41). The van der Waals surface area contributed by atoms with Crippen LogP contribution in [0.15, 0.2) is 97.3 Å². The van der Waals surface area contributed by atoms with Crippen molar-refractivity contribution in [3.05, 3.63) is 120 Å². The maximum absolute atomic E-state index is 13.4. The number of carbonyl (C=O) groups is 2. The number of amides is 2. The van der Waals surface area contributed by atoms with Crippen LogP contribution in [-0.4, -0.2) is 57.1 Å². The molecular weight excluding hydrogens is 566 g/mol. The fourth-order valence-corrected chi connectivity index (χ4v) is 5.70. The maximum atomic E-state index is 13.4. The van der Waals surface area contributed by atoms with E-state index in [0.29, 0.717) is 55.9 Å². The van der Waals surface area contributed by atoms with Crippen molar-refractivity contribution in [2.45, 2.75) is 44.4 Å². The topological polar surface area (TPSA) is 123 Å². The highest BCUT2D eigenvalue weighted by Gasteiger charge is 2.33. The quantitative estimate of drug-likeness (QED) is 0.186. The highest BCUT2D eigenvalue weighted by molar-refractivity contribution is 5.94. The van der Waals surface area contributed by atoms with Crippen LogP contribution >= 0.6 is 0 Å². The van der Waals surface area contributed by atoms with E-state index in [9.17, 15) is 9.59 Å². The Morgan fingerprint density at radius 1 is 0.889 bits per heavy atom. The summed E-state index contributed by atoms with van der Waals surface area (Å²) in [5, 5.41) is 9.30. The molecule has 0 radical (unpaired) electrons. The molecule has 1 aliphatic rings. The van der Waals surface area contributed by atoms with Gasteiger partial charge in [0.1, 0.15) is 12.3 Å². The van der Waals surface area contributed by atoms with E-state index in [1.54, 1.807) is 10.9 Å². The molecule has 2 unspecified atom stereocenters. The number of likely N-dealkylation sites (N-methyl/N-ethyl adjacent to an activating group) is 1. The third-order valence-electron chi connectivity index (χ3n) is 7.99. The van der Waals surface area contributed by atoms with Gasteiger partial charge in [-0.15, -0.1) is 0 Å². The molecule has 6 rings (SSSR count). The third-order valence-corrected chi connectivity index (χ3v) is 7.99. The van der Waals surface area contributed by atoms with Crippen LogP contribution in [0.1, 0.15) is 59.2 Å². The first-order valence-corrected chi connectivity index (χ1v) is 15.4. The van der Waals surface area contributed by atoms with Gasteiger partial charge >= 0.3 is 0 Å². The van der Waals surface area contributed by atoms with Crippen molar-refractivity contribution in [1.82, 2.24) is 30.2 Å². The van der Waals surface area contributed by atoms with Crippen LogP contribution in [0.3, 0.4) is 0 Å². The maximum Gasteiger partial charge on any atom is 0.289 e. The van der Waals surface area contributed by atoms with Crippen LogP contribution in [0.25, 0.3) is 11.2 Å². The molecule has 10 nitrogen and oxygen atoms in total. The lowest BCUT2D eigenvalue weighted by molar-refractivity contribution is -0.133. The van der Waals surface area contributed by atoms with Gasteiger partial charge in [-0.05, 0) is 42.9 Å². The molecule has 5 aromatic rings. The van der Waals surface area contributed by atoms with E-state index in [1.807, 2.05) is 73.7 Å². The minimum absolute atomic E-state index is 0.0265. The van der Waals surface area contributed by atoms with Crippen LogP contribution in [-0.2, 0) is 16.0 Å². The Labute approximate surface area is 262 Å². The second-order valence-corrected chi connectivity index (χ2v) is 11.0. The van der Waals surface area contributed by atoms with Gasteiger partial charge in [0, 0.05) is 25.6 Å². The van der Waals surface area contributed by atoms with Gasteiger partial charge in [0.2, 0.25) is 11.7 Å². The van der Waals surface area contributed by atoms with Crippen molar-refractivity contribution >= 4 is 28.8 Å². The minimum atomic E-state index is -0.551. The molecule has 3 heterocycles. The molecule has 0 spiro atoms. The number of nitrogens with one attached hydrogen (secondary N) is 3. The monoisotopic (exact) mass is 603 g/mol. The van der Waals surface area contributed by atoms with E-state index >= 15 is 0 Å². The molecule has 2 amide bonds. The van der Waals surface area contributed by atoms with Gasteiger partial charge in [-0.25, -0.2) is 15.0 Å². The second-order valence-electron chi connectivity index (χ2n) is 11.0. The van der Waals surface area contributed by atoms with Crippen molar-refractivity contribution in [3.63, 3.8) is 0 Å². The van der Waals surface area contributed by atoms with Crippen LogP contribution in [0, 0.1) is 0 Å². The van der Waals surface area contributed by atoms with Gasteiger partial charge in [0.15, 0.2) is 17.0 Å². The number of rotatable bonds is 12. The Morgan fingerprint density at radius 2 is 1.56 bits per heavy atom. The van der Waals surface area contributed by atoms with E-state index in [1.165, 1.54) is 0 Å². The molecule has 2 aromatic heterocycles. The number of ether oxygens (including phenoxy) is 1. The second kappa shape index (κ2) is 14.1. The Morgan fingerprint density at radius 3 is 2.22 bits per heavy atom. The predicted octanol–water partition coefficient (Wildman–Crippen LogP) is 4.86. The number of hydrogen-bond donors (Lipinski definition) is 3. The summed E-state index contributed by atoms with van der Waals surface area (Å²) in [5.74, 6) is 0.0152. The first kappa shape index (κ1) is 30.0. The molecule has 3 aromatic carbocycles. The lowest BCUT2D eigenvalue weighted by atomic mass is 9.91. The zero-order valence-electron chi connectivity index (χ0n) is 25.2. The number of carbonyl (C=O) groups excluding carboxylic acids is 2. The van der Waals surface area contributed by atoms with Crippen molar-refractivity contribution in [2.24, 2.45) is 0 Å². The zero-order chi connectivity index (χ0) is 31.0. The van der Waals surface area contributed by atoms with Gasteiger partial charge in [-0.3, -0.25) is 14.2 Å². The number of anilines is 1. The van der Waals surface area contributed by atoms with E-state index in [2.05, 4.69) is 55.2 Å². The van der Waals surface area contributed by atoms with Crippen molar-refractivity contribution in [1.29, 1.82) is 0 Å². The highest BCUT2D eigenvalue weighted by atomic mass is 16.5. The SMILES string of the molecule is CCNC(=O)C1CCC(n2cnc3c(NCC(c4ccccc4)c4ccccc4)nc(C(=O)NCCc4ccccc4)nc32)O1. The Bertz CT molecular complexity index is 1690. The molecule has 0 aliphatic carbocycles. The summed E-state index contributed by atoms with van der Waals surface area (Å²) < 4.78 is 7.93. The fourth-order valence-electron chi connectivity index (χ4n) is 5.70. The summed E-state index contributed by atoms with van der Waals surface area (Å²) in [4.78, 5) is 39.9. The van der Waals surface area contributed by atoms with Gasteiger partial charge in [-0.1, -0.05) is 91.0 Å². The molecule has 1 fully saturated rings. The molecule has 2 atom stereocenters. The molecule has 0 saturated carbocycles. The summed E-state index contributed by atoms with van der Waals surface area (Å²) >= 11 is 0. The van der Waals surface area contributed by atoms with Crippen LogP contribution in [0.2, 0.25) is 0 Å². The Kier molecular flexibility index (Phi) is 9.41. The predicted molar refractivity (Wildman–Crippen MR) is 173 cm³/mol. The first-order valence-electron chi connectivity index (χ1n) is 15.4. The summed E-state index contributed by atoms with van der Waals surface area (Å²) in [5.41, 5.74) is 4.44. The van der Waals surface area contributed by atoms with Crippen LogP contribution < -0.4 is 16.0 Å². The van der Waals surface area contributed by atoms with Gasteiger partial charge < -0.3 is 20.7 Å². The molecule has 3 N–H and O–H groups in total. The molecule has 45 heavy (non-hydrogen) atoms. The molecule has 1 saturated heterocycles. The van der Waals surface area contributed by atoms with E-state index in [4.69, 9.17) is 4.74 Å². The number of aromatic nitrogens is 4. The first-order chi connectivity index (χ1) is 22.1. The number of hydrogen-bond acceptors (Lipinski definition) is 7. The Balaban J connectivity index is 1.30. The molecule has 0 bridgehead atoms. The summed E-state index contributed by atoms with van der Waals surface area (Å²) in [6, 6.07) is 30.6. The average molecular weight is 604 g/mol. The normalized spacial score (nSPS) is 16.1. The molecular formula is C35H37N7O3. The van der Waals surface area contributed by atoms with Crippen molar-refractivity contribution in [2.75, 3.05) is 25.0 Å². The number of imidazole rings is 1. The van der Waals surface area contributed by atoms with Gasteiger partial charge in [0.25, 0.3) is 5.91 Å². The van der Waals surface area contributed by atoms with Crippen molar-refractivity contribution < 1.29 is 14.3 Å². The number of fused-ring (bicyclic) bond motifs is 1. The third kappa shape index (κ3) is 7.02. The molecule has 230 valence electrons. The summed E-state index contributed by atoms with van der Waals surface area (Å²) in [7, 11) is 0. The van der Waals surface area contributed by atoms with Gasteiger partial charge in [0.05, 0.1) is 6.33 Å². The minimum Gasteiger partial charge on any atom is -0.367 e. The lowest BCUT2D eigenvalue weighted by Crippen LogP contribution is -2.34. The Hall–Kier alpha value is -5.09. The highest BCUT2D eigenvalue weighted by Crippen LogP contribution is 2.32. The van der Waals surface area contributed by atoms with E-state index < -0.39 is 12.3 Å². The average Bonchev–Trinajstić information content (AvgIpc) is 3.74. The summed E-state index contributed by atoms with van der Waals surface area (Å²) in [6.45, 7) is 3.37. The zero-order valence-corrected chi connectivity index (χ0v) is 25.2. The molecule has 10 heteroatoms. The van der Waals surface area contributed by atoms with Crippen LogP contribution in [0.5, 0.6) is 0 Å². The van der Waals surface area contributed by atoms with Crippen molar-refractivity contribution in [3.8, 4) is 0 Å². The van der Waals surface area contributed by atoms with E-state index in [0.717, 1.165) is 16.7 Å².